The monoisotopic (exact) mass is 384 g/mol. The number of rotatable bonds is 6. The zero-order chi connectivity index (χ0) is 20.0. The molecule has 4 nitrogen and oxygen atoms in total. The van der Waals surface area contributed by atoms with Gasteiger partial charge in [0.1, 0.15) is 0 Å². The molecule has 0 bridgehead atoms. The number of carbonyl (C=O) groups is 1. The van der Waals surface area contributed by atoms with Gasteiger partial charge >= 0.3 is 0 Å². The van der Waals surface area contributed by atoms with Crippen molar-refractivity contribution in [3.05, 3.63) is 71.8 Å². The van der Waals surface area contributed by atoms with E-state index in [1.165, 1.54) is 0 Å². The molecular weight excluding hydrogens is 356 g/mol. The van der Waals surface area contributed by atoms with Crippen molar-refractivity contribution < 1.29 is 9.00 Å². The Kier molecular flexibility index (Phi) is 6.97. The van der Waals surface area contributed by atoms with Crippen molar-refractivity contribution in [2.45, 2.75) is 45.6 Å². The van der Waals surface area contributed by atoms with Crippen LogP contribution in [0.1, 0.15) is 51.8 Å². The molecule has 144 valence electrons. The predicted molar refractivity (Wildman–Crippen MR) is 112 cm³/mol. The molecule has 2 N–H and O–H groups in total. The summed E-state index contributed by atoms with van der Waals surface area (Å²) in [5.41, 5.74) is 2.13. The maximum absolute atomic E-state index is 13.0. The molecule has 0 aliphatic rings. The summed E-state index contributed by atoms with van der Waals surface area (Å²) in [6, 6.07) is 17.0. The summed E-state index contributed by atoms with van der Waals surface area (Å²) in [6.07, 6.45) is 1.90. The van der Waals surface area contributed by atoms with Crippen molar-refractivity contribution in [2.75, 3.05) is 0 Å². The highest BCUT2D eigenvalue weighted by Crippen LogP contribution is 2.24. The van der Waals surface area contributed by atoms with Crippen LogP contribution in [0.25, 0.3) is 5.70 Å². The lowest BCUT2D eigenvalue weighted by Gasteiger charge is -2.23. The lowest BCUT2D eigenvalue weighted by Crippen LogP contribution is -2.36. The minimum atomic E-state index is -1.45. The van der Waals surface area contributed by atoms with E-state index in [0.29, 0.717) is 4.90 Å². The smallest absolute Gasteiger partial charge is 0.225 e. The van der Waals surface area contributed by atoms with Gasteiger partial charge in [-0.25, -0.2) is 4.21 Å². The highest BCUT2D eigenvalue weighted by atomic mass is 32.2. The summed E-state index contributed by atoms with van der Waals surface area (Å²) in [5, 5.41) is 3.01. The summed E-state index contributed by atoms with van der Waals surface area (Å²) >= 11 is 0. The van der Waals surface area contributed by atoms with Crippen LogP contribution in [0.4, 0.5) is 0 Å². The van der Waals surface area contributed by atoms with E-state index >= 15 is 0 Å². The van der Waals surface area contributed by atoms with Crippen LogP contribution in [0.15, 0.2) is 65.6 Å². The Morgan fingerprint density at radius 1 is 1.04 bits per heavy atom. The zero-order valence-electron chi connectivity index (χ0n) is 16.6. The molecule has 0 aromatic heterocycles. The Morgan fingerprint density at radius 2 is 1.63 bits per heavy atom. The van der Waals surface area contributed by atoms with Gasteiger partial charge in [-0.1, -0.05) is 75.4 Å². The highest BCUT2D eigenvalue weighted by Gasteiger charge is 2.24. The molecule has 0 radical (unpaired) electrons. The predicted octanol–water partition coefficient (Wildman–Crippen LogP) is 4.58. The number of allylic oxidation sites excluding steroid dienone is 1. The van der Waals surface area contributed by atoms with Gasteiger partial charge < -0.3 is 10.0 Å². The second-order valence-corrected chi connectivity index (χ2v) is 8.60. The molecule has 1 unspecified atom stereocenters. The third kappa shape index (κ3) is 5.54. The van der Waals surface area contributed by atoms with E-state index in [0.717, 1.165) is 16.8 Å². The Morgan fingerprint density at radius 3 is 2.22 bits per heavy atom. The van der Waals surface area contributed by atoms with E-state index in [1.54, 1.807) is 0 Å². The van der Waals surface area contributed by atoms with Crippen LogP contribution in [-0.4, -0.2) is 10.1 Å². The first-order chi connectivity index (χ1) is 12.7. The summed E-state index contributed by atoms with van der Waals surface area (Å²) < 4.78 is 16.1. The Labute approximate surface area is 164 Å². The second-order valence-electron chi connectivity index (χ2n) is 7.42. The van der Waals surface area contributed by atoms with E-state index in [2.05, 4.69) is 10.0 Å². The van der Waals surface area contributed by atoms with Crippen LogP contribution in [0.3, 0.4) is 0 Å². The van der Waals surface area contributed by atoms with Gasteiger partial charge in [0.25, 0.3) is 0 Å². The first-order valence-electron chi connectivity index (χ1n) is 9.04. The number of nitrogens with one attached hydrogen (secondary N) is 2. The quantitative estimate of drug-likeness (QED) is 0.766. The molecule has 0 saturated heterocycles. The number of hydrogen-bond acceptors (Lipinski definition) is 2. The minimum Gasteiger partial charge on any atom is -0.349 e. The third-order valence-corrected chi connectivity index (χ3v) is 5.37. The van der Waals surface area contributed by atoms with Crippen LogP contribution in [0, 0.1) is 5.41 Å². The summed E-state index contributed by atoms with van der Waals surface area (Å²) in [7, 11) is -1.45. The molecule has 2 aromatic rings. The Balaban J connectivity index is 2.24. The van der Waals surface area contributed by atoms with Gasteiger partial charge in [-0.05, 0) is 31.0 Å². The molecule has 2 atom stereocenters. The summed E-state index contributed by atoms with van der Waals surface area (Å²) in [5.74, 6) is -0.0398. The molecule has 0 saturated carbocycles. The molecule has 0 fully saturated rings. The Hall–Kier alpha value is -2.40. The van der Waals surface area contributed by atoms with Gasteiger partial charge in [-0.3, -0.25) is 4.79 Å². The molecule has 0 aliphatic carbocycles. The van der Waals surface area contributed by atoms with Gasteiger partial charge in [-0.2, -0.15) is 0 Å². The van der Waals surface area contributed by atoms with Gasteiger partial charge in [-0.15, -0.1) is 0 Å². The van der Waals surface area contributed by atoms with Crippen LogP contribution < -0.4 is 10.0 Å². The van der Waals surface area contributed by atoms with E-state index in [4.69, 9.17) is 0 Å². The molecule has 0 spiro atoms. The molecule has 5 heteroatoms. The fourth-order valence-electron chi connectivity index (χ4n) is 2.56. The van der Waals surface area contributed by atoms with Crippen molar-refractivity contribution in [1.82, 2.24) is 10.0 Å². The van der Waals surface area contributed by atoms with Crippen molar-refractivity contribution in [3.8, 4) is 0 Å². The van der Waals surface area contributed by atoms with Gasteiger partial charge in [0, 0.05) is 11.1 Å². The number of hydrogen-bond donors (Lipinski definition) is 2. The van der Waals surface area contributed by atoms with E-state index in [1.807, 2.05) is 95.3 Å². The minimum absolute atomic E-state index is 0.0398. The van der Waals surface area contributed by atoms with Crippen LogP contribution in [-0.2, 0) is 15.8 Å². The topological polar surface area (TPSA) is 58.2 Å². The second kappa shape index (κ2) is 9.00. The molecule has 1 amide bonds. The normalized spacial score (nSPS) is 14.3. The fourth-order valence-corrected chi connectivity index (χ4v) is 3.76. The van der Waals surface area contributed by atoms with Crippen molar-refractivity contribution in [2.24, 2.45) is 5.41 Å². The first kappa shape index (κ1) is 20.9. The number of carbonyl (C=O) groups excluding carboxylic acids is 1. The van der Waals surface area contributed by atoms with Crippen LogP contribution in [0.5, 0.6) is 0 Å². The Bertz CT molecular complexity index is 839. The van der Waals surface area contributed by atoms with Crippen LogP contribution in [0.2, 0.25) is 0 Å². The van der Waals surface area contributed by atoms with Gasteiger partial charge in [0.15, 0.2) is 11.0 Å². The van der Waals surface area contributed by atoms with E-state index in [-0.39, 0.29) is 11.9 Å². The van der Waals surface area contributed by atoms with Crippen molar-refractivity contribution in [1.29, 1.82) is 0 Å². The van der Waals surface area contributed by atoms with Crippen LogP contribution >= 0.6 is 0 Å². The SMILES string of the molecule is C/C=C(\NS(=O)c1ccccc1[C@@H](C)NC(=O)C(C)(C)C)c1ccccc1. The fraction of sp³-hybridized carbons (Fsp3) is 0.318. The van der Waals surface area contributed by atoms with E-state index < -0.39 is 16.4 Å². The first-order valence-corrected chi connectivity index (χ1v) is 10.2. The standard InChI is InChI=1S/C22H28N2O2S/c1-6-19(17-12-8-7-9-13-17)24-27(26)20-15-11-10-14-18(20)16(2)23-21(25)22(3,4)5/h6-16,24H,1-5H3,(H,23,25)/b19-6-/t16-,27?/m1/s1. The molecule has 2 aromatic carbocycles. The van der Waals surface area contributed by atoms with E-state index in [9.17, 15) is 9.00 Å². The largest absolute Gasteiger partial charge is 0.349 e. The number of benzene rings is 2. The molecule has 0 heterocycles. The average molecular weight is 385 g/mol. The maximum Gasteiger partial charge on any atom is 0.225 e. The molecule has 2 rings (SSSR count). The average Bonchev–Trinajstić information content (AvgIpc) is 2.65. The number of amides is 1. The highest BCUT2D eigenvalue weighted by molar-refractivity contribution is 7.83. The third-order valence-electron chi connectivity index (χ3n) is 4.19. The lowest BCUT2D eigenvalue weighted by molar-refractivity contribution is -0.129. The van der Waals surface area contributed by atoms with Gasteiger partial charge in [0.05, 0.1) is 10.9 Å². The van der Waals surface area contributed by atoms with Crippen molar-refractivity contribution >= 4 is 22.6 Å². The van der Waals surface area contributed by atoms with Gasteiger partial charge in [0.2, 0.25) is 5.91 Å². The molecule has 0 aliphatic heterocycles. The lowest BCUT2D eigenvalue weighted by atomic mass is 9.94. The summed E-state index contributed by atoms with van der Waals surface area (Å²) in [6.45, 7) is 9.44. The molecule has 27 heavy (non-hydrogen) atoms. The maximum atomic E-state index is 13.0. The van der Waals surface area contributed by atoms with Crippen molar-refractivity contribution in [3.63, 3.8) is 0 Å². The molecular formula is C22H28N2O2S. The summed E-state index contributed by atoms with van der Waals surface area (Å²) in [4.78, 5) is 13.0. The zero-order valence-corrected chi connectivity index (χ0v) is 17.4.